The molecule has 120 valence electrons. The van der Waals surface area contributed by atoms with Crippen LogP contribution >= 0.6 is 0 Å². The number of primary amides is 1. The Morgan fingerprint density at radius 3 is 2.36 bits per heavy atom. The molecular weight excluding hydrogens is 284 g/mol. The summed E-state index contributed by atoms with van der Waals surface area (Å²) in [4.78, 5) is 26.6. The number of carbonyl (C=O) groups excluding carboxylic acids is 2. The molecular formula is C15H22N4O3. The van der Waals surface area contributed by atoms with Crippen LogP contribution in [0, 0.1) is 0 Å². The van der Waals surface area contributed by atoms with Crippen molar-refractivity contribution in [3.05, 3.63) is 24.3 Å². The van der Waals surface area contributed by atoms with E-state index >= 15 is 0 Å². The molecule has 1 heterocycles. The lowest BCUT2D eigenvalue weighted by atomic mass is 10.2. The highest BCUT2D eigenvalue weighted by atomic mass is 16.5. The summed E-state index contributed by atoms with van der Waals surface area (Å²) in [5.74, 6) is 0.142. The quantitative estimate of drug-likeness (QED) is 0.734. The van der Waals surface area contributed by atoms with Gasteiger partial charge in [-0.1, -0.05) is 0 Å². The molecule has 0 bridgehead atoms. The van der Waals surface area contributed by atoms with Gasteiger partial charge in [0.15, 0.2) is 0 Å². The second-order valence-electron chi connectivity index (χ2n) is 5.20. The highest BCUT2D eigenvalue weighted by Crippen LogP contribution is 2.20. The standard InChI is InChI=1S/C15H22N4O3/c1-22-13-4-2-12(3-5-13)19-8-6-18(7-9-19)11-15(21)17-10-14(16)20/h2-5H,6-11H2,1H3,(H2,16,20)(H,17,21). The first kappa shape index (κ1) is 16.1. The highest BCUT2D eigenvalue weighted by molar-refractivity contribution is 5.84. The first-order chi connectivity index (χ1) is 10.6. The largest absolute Gasteiger partial charge is 0.497 e. The van der Waals surface area contributed by atoms with Crippen LogP contribution in [0.2, 0.25) is 0 Å². The van der Waals surface area contributed by atoms with Gasteiger partial charge in [0, 0.05) is 31.9 Å². The van der Waals surface area contributed by atoms with Gasteiger partial charge in [-0.15, -0.1) is 0 Å². The topological polar surface area (TPSA) is 87.9 Å². The Morgan fingerprint density at radius 1 is 1.18 bits per heavy atom. The number of anilines is 1. The lowest BCUT2D eigenvalue weighted by Crippen LogP contribution is -2.50. The molecule has 1 aromatic carbocycles. The maximum Gasteiger partial charge on any atom is 0.236 e. The monoisotopic (exact) mass is 306 g/mol. The first-order valence-electron chi connectivity index (χ1n) is 7.25. The minimum Gasteiger partial charge on any atom is -0.497 e. The number of ether oxygens (including phenoxy) is 1. The smallest absolute Gasteiger partial charge is 0.236 e. The molecule has 0 atom stereocenters. The number of hydrogen-bond donors (Lipinski definition) is 2. The van der Waals surface area contributed by atoms with Crippen molar-refractivity contribution in [1.82, 2.24) is 10.2 Å². The van der Waals surface area contributed by atoms with Gasteiger partial charge < -0.3 is 20.7 Å². The Kier molecular flexibility index (Phi) is 5.60. The summed E-state index contributed by atoms with van der Waals surface area (Å²) in [5, 5.41) is 2.50. The van der Waals surface area contributed by atoms with E-state index < -0.39 is 5.91 Å². The van der Waals surface area contributed by atoms with Crippen LogP contribution in [0.25, 0.3) is 0 Å². The van der Waals surface area contributed by atoms with Gasteiger partial charge in [0.2, 0.25) is 11.8 Å². The van der Waals surface area contributed by atoms with E-state index in [9.17, 15) is 9.59 Å². The van der Waals surface area contributed by atoms with Crippen LogP contribution in [-0.4, -0.2) is 63.1 Å². The number of nitrogens with two attached hydrogens (primary N) is 1. The maximum absolute atomic E-state index is 11.6. The van der Waals surface area contributed by atoms with Crippen molar-refractivity contribution in [3.8, 4) is 5.75 Å². The normalized spacial score (nSPS) is 15.4. The molecule has 0 spiro atoms. The van der Waals surface area contributed by atoms with E-state index in [0.717, 1.165) is 37.6 Å². The van der Waals surface area contributed by atoms with Crippen LogP contribution in [0.5, 0.6) is 5.75 Å². The van der Waals surface area contributed by atoms with E-state index in [4.69, 9.17) is 10.5 Å². The summed E-state index contributed by atoms with van der Waals surface area (Å²) in [6, 6.07) is 7.96. The van der Waals surface area contributed by atoms with E-state index in [1.807, 2.05) is 24.3 Å². The van der Waals surface area contributed by atoms with Crippen molar-refractivity contribution in [1.29, 1.82) is 0 Å². The Hall–Kier alpha value is -2.28. The van der Waals surface area contributed by atoms with Gasteiger partial charge >= 0.3 is 0 Å². The highest BCUT2D eigenvalue weighted by Gasteiger charge is 2.19. The van der Waals surface area contributed by atoms with E-state index in [0.29, 0.717) is 6.54 Å². The number of amides is 2. The molecule has 1 aromatic rings. The number of methoxy groups -OCH3 is 1. The second kappa shape index (κ2) is 7.65. The molecule has 2 amide bonds. The molecule has 0 radical (unpaired) electrons. The minimum absolute atomic E-state index is 0.107. The summed E-state index contributed by atoms with van der Waals surface area (Å²) in [5.41, 5.74) is 6.15. The maximum atomic E-state index is 11.6. The van der Waals surface area contributed by atoms with Gasteiger partial charge in [0.1, 0.15) is 5.75 Å². The number of benzene rings is 1. The summed E-state index contributed by atoms with van der Waals surface area (Å²) in [6.45, 7) is 3.51. The van der Waals surface area contributed by atoms with Crippen LogP contribution in [0.4, 0.5) is 5.69 Å². The van der Waals surface area contributed by atoms with E-state index in [-0.39, 0.29) is 12.5 Å². The van der Waals surface area contributed by atoms with Gasteiger partial charge in [-0.2, -0.15) is 0 Å². The Morgan fingerprint density at radius 2 is 1.82 bits per heavy atom. The molecule has 0 aromatic heterocycles. The third-order valence-electron chi connectivity index (χ3n) is 3.64. The molecule has 22 heavy (non-hydrogen) atoms. The van der Waals surface area contributed by atoms with Gasteiger partial charge in [0.25, 0.3) is 0 Å². The molecule has 1 saturated heterocycles. The zero-order chi connectivity index (χ0) is 15.9. The van der Waals surface area contributed by atoms with Crippen molar-refractivity contribution < 1.29 is 14.3 Å². The summed E-state index contributed by atoms with van der Waals surface area (Å²) in [6.07, 6.45) is 0. The molecule has 2 rings (SSSR count). The Labute approximate surface area is 130 Å². The van der Waals surface area contributed by atoms with Crippen LogP contribution < -0.4 is 20.7 Å². The zero-order valence-electron chi connectivity index (χ0n) is 12.7. The average Bonchev–Trinajstić information content (AvgIpc) is 2.54. The zero-order valence-corrected chi connectivity index (χ0v) is 12.7. The van der Waals surface area contributed by atoms with Crippen molar-refractivity contribution in [2.75, 3.05) is 51.3 Å². The van der Waals surface area contributed by atoms with Crippen LogP contribution in [-0.2, 0) is 9.59 Å². The van der Waals surface area contributed by atoms with Crippen molar-refractivity contribution in [2.45, 2.75) is 0 Å². The van der Waals surface area contributed by atoms with Gasteiger partial charge in [-0.05, 0) is 24.3 Å². The number of rotatable bonds is 6. The fourth-order valence-corrected chi connectivity index (χ4v) is 2.40. The lowest BCUT2D eigenvalue weighted by molar-refractivity contribution is -0.125. The summed E-state index contributed by atoms with van der Waals surface area (Å²) in [7, 11) is 1.65. The summed E-state index contributed by atoms with van der Waals surface area (Å²) < 4.78 is 5.15. The van der Waals surface area contributed by atoms with Crippen LogP contribution in [0.1, 0.15) is 0 Å². The molecule has 3 N–H and O–H groups in total. The second-order valence-corrected chi connectivity index (χ2v) is 5.20. The lowest BCUT2D eigenvalue weighted by Gasteiger charge is -2.35. The number of nitrogens with one attached hydrogen (secondary N) is 1. The van der Waals surface area contributed by atoms with Crippen LogP contribution in [0.3, 0.4) is 0 Å². The van der Waals surface area contributed by atoms with E-state index in [1.54, 1.807) is 7.11 Å². The van der Waals surface area contributed by atoms with E-state index in [1.165, 1.54) is 0 Å². The van der Waals surface area contributed by atoms with Crippen molar-refractivity contribution in [2.24, 2.45) is 5.73 Å². The molecule has 0 unspecified atom stereocenters. The van der Waals surface area contributed by atoms with Crippen molar-refractivity contribution >= 4 is 17.5 Å². The molecule has 7 heteroatoms. The molecule has 7 nitrogen and oxygen atoms in total. The number of carbonyl (C=O) groups is 2. The van der Waals surface area contributed by atoms with Crippen LogP contribution in [0.15, 0.2) is 24.3 Å². The van der Waals surface area contributed by atoms with Gasteiger partial charge in [0.05, 0.1) is 20.2 Å². The molecule has 0 saturated carbocycles. The van der Waals surface area contributed by atoms with Crippen molar-refractivity contribution in [3.63, 3.8) is 0 Å². The van der Waals surface area contributed by atoms with Gasteiger partial charge in [-0.25, -0.2) is 0 Å². The third-order valence-corrected chi connectivity index (χ3v) is 3.64. The predicted molar refractivity (Wildman–Crippen MR) is 83.9 cm³/mol. The Bertz CT molecular complexity index is 510. The first-order valence-corrected chi connectivity index (χ1v) is 7.25. The molecule has 0 aliphatic carbocycles. The molecule has 1 aliphatic rings. The number of piperazine rings is 1. The average molecular weight is 306 g/mol. The third kappa shape index (κ3) is 4.63. The summed E-state index contributed by atoms with van der Waals surface area (Å²) >= 11 is 0. The van der Waals surface area contributed by atoms with E-state index in [2.05, 4.69) is 15.1 Å². The fraction of sp³-hybridized carbons (Fsp3) is 0.467. The van der Waals surface area contributed by atoms with Gasteiger partial charge in [-0.3, -0.25) is 14.5 Å². The minimum atomic E-state index is -0.530. The fourth-order valence-electron chi connectivity index (χ4n) is 2.40. The SMILES string of the molecule is COc1ccc(N2CCN(CC(=O)NCC(N)=O)CC2)cc1. The predicted octanol–water partition coefficient (Wildman–Crippen LogP) is -0.581. The number of hydrogen-bond acceptors (Lipinski definition) is 5. The molecule has 1 fully saturated rings. The Balaban J connectivity index is 1.77. The molecule has 1 aliphatic heterocycles. The number of nitrogens with zero attached hydrogens (tertiary/aromatic N) is 2.